The number of benzene rings is 1. The third-order valence-electron chi connectivity index (χ3n) is 0.995. The Balaban J connectivity index is 2.59. The van der Waals surface area contributed by atoms with Gasteiger partial charge >= 0.3 is 0 Å². The number of hydrogen-bond donors (Lipinski definition) is 2. The van der Waals surface area contributed by atoms with Crippen LogP contribution in [0.4, 0.5) is 5.69 Å². The maximum Gasteiger partial charge on any atom is 0.231 e. The van der Waals surface area contributed by atoms with Crippen molar-refractivity contribution in [3.8, 4) is 0 Å². The summed E-state index contributed by atoms with van der Waals surface area (Å²) in [7, 11) is -1.55. The van der Waals surface area contributed by atoms with E-state index in [1.807, 2.05) is 30.3 Å². The molecule has 0 aliphatic heterocycles. The molecule has 10 heavy (non-hydrogen) atoms. The Morgan fingerprint density at radius 1 is 1.30 bits per heavy atom. The van der Waals surface area contributed by atoms with Crippen LogP contribution < -0.4 is 5.09 Å². The highest BCUT2D eigenvalue weighted by molar-refractivity contribution is 7.80. The molecular formula is C6H7ClNOP. The lowest BCUT2D eigenvalue weighted by atomic mass is 10.3. The minimum Gasteiger partial charge on any atom is -0.343 e. The van der Waals surface area contributed by atoms with E-state index in [-0.39, 0.29) is 0 Å². The van der Waals surface area contributed by atoms with Gasteiger partial charge in [0.15, 0.2) is 0 Å². The summed E-state index contributed by atoms with van der Waals surface area (Å²) in [5, 5.41) is 2.69. The van der Waals surface area contributed by atoms with E-state index < -0.39 is 7.65 Å². The fourth-order valence-electron chi connectivity index (χ4n) is 0.619. The second kappa shape index (κ2) is 3.77. The summed E-state index contributed by atoms with van der Waals surface area (Å²) < 4.78 is 0. The summed E-state index contributed by atoms with van der Waals surface area (Å²) in [5.41, 5.74) is 0.839. The van der Waals surface area contributed by atoms with Crippen LogP contribution in [-0.4, -0.2) is 4.89 Å². The first-order valence-corrected chi connectivity index (χ1v) is 4.95. The van der Waals surface area contributed by atoms with Gasteiger partial charge in [0.1, 0.15) is 0 Å². The normalized spacial score (nSPS) is 12.6. The van der Waals surface area contributed by atoms with Crippen molar-refractivity contribution in [1.82, 2.24) is 0 Å². The van der Waals surface area contributed by atoms with Gasteiger partial charge in [-0.15, -0.1) is 0 Å². The highest BCUT2D eigenvalue weighted by Gasteiger charge is 1.95. The number of para-hydroxylation sites is 1. The van der Waals surface area contributed by atoms with Crippen molar-refractivity contribution < 1.29 is 4.89 Å². The lowest BCUT2D eigenvalue weighted by molar-refractivity contribution is 0.645. The summed E-state index contributed by atoms with van der Waals surface area (Å²) >= 11 is 5.32. The van der Waals surface area contributed by atoms with Crippen LogP contribution in [0, 0.1) is 0 Å². The zero-order chi connectivity index (χ0) is 7.40. The molecule has 54 valence electrons. The van der Waals surface area contributed by atoms with Crippen molar-refractivity contribution in [2.45, 2.75) is 0 Å². The van der Waals surface area contributed by atoms with Crippen LogP contribution in [0.1, 0.15) is 0 Å². The molecule has 0 fully saturated rings. The number of anilines is 1. The van der Waals surface area contributed by atoms with E-state index in [4.69, 9.17) is 16.1 Å². The number of hydrogen-bond acceptors (Lipinski definition) is 2. The summed E-state index contributed by atoms with van der Waals surface area (Å²) in [4.78, 5) is 8.72. The maximum atomic E-state index is 8.72. The number of nitrogens with one attached hydrogen (secondary N) is 1. The number of halogens is 1. The molecule has 0 bridgehead atoms. The molecule has 0 amide bonds. The predicted molar refractivity (Wildman–Crippen MR) is 45.1 cm³/mol. The molecule has 2 nitrogen and oxygen atoms in total. The van der Waals surface area contributed by atoms with Crippen LogP contribution >= 0.6 is 18.9 Å². The summed E-state index contributed by atoms with van der Waals surface area (Å²) in [5.74, 6) is 0. The smallest absolute Gasteiger partial charge is 0.231 e. The fourth-order valence-corrected chi connectivity index (χ4v) is 1.27. The molecule has 0 aliphatic carbocycles. The van der Waals surface area contributed by atoms with Gasteiger partial charge in [-0.2, -0.15) is 0 Å². The van der Waals surface area contributed by atoms with Crippen molar-refractivity contribution in [1.29, 1.82) is 0 Å². The fraction of sp³-hybridized carbons (Fsp3) is 0. The lowest BCUT2D eigenvalue weighted by Gasteiger charge is -2.03. The Kier molecular flexibility index (Phi) is 2.94. The monoisotopic (exact) mass is 175 g/mol. The molecule has 1 atom stereocenters. The standard InChI is InChI=1S/C6H7ClNOP/c7-10(9)8-6-4-2-1-3-5-6/h1-5,8-9H. The minimum atomic E-state index is -1.55. The van der Waals surface area contributed by atoms with Gasteiger partial charge in [-0.1, -0.05) is 18.2 Å². The first kappa shape index (κ1) is 7.80. The van der Waals surface area contributed by atoms with Gasteiger partial charge in [0.05, 0.1) is 0 Å². The van der Waals surface area contributed by atoms with Crippen LogP contribution in [0.5, 0.6) is 0 Å². The SMILES string of the molecule is OP(Cl)Nc1ccccc1. The van der Waals surface area contributed by atoms with E-state index in [1.54, 1.807) is 0 Å². The molecular weight excluding hydrogens is 168 g/mol. The molecule has 0 radical (unpaired) electrons. The second-order valence-corrected chi connectivity index (χ2v) is 3.44. The molecule has 1 aromatic carbocycles. The Hall–Kier alpha value is -0.300. The summed E-state index contributed by atoms with van der Waals surface area (Å²) in [6.45, 7) is 0. The van der Waals surface area contributed by atoms with E-state index in [0.717, 1.165) is 5.69 Å². The largest absolute Gasteiger partial charge is 0.343 e. The van der Waals surface area contributed by atoms with Gasteiger partial charge in [0.25, 0.3) is 0 Å². The average Bonchev–Trinajstić information content (AvgIpc) is 1.88. The third kappa shape index (κ3) is 2.53. The number of rotatable bonds is 2. The first-order valence-electron chi connectivity index (χ1n) is 2.75. The van der Waals surface area contributed by atoms with Crippen LogP contribution in [0.2, 0.25) is 0 Å². The van der Waals surface area contributed by atoms with Crippen LogP contribution in [0.15, 0.2) is 30.3 Å². The molecule has 1 unspecified atom stereocenters. The minimum absolute atomic E-state index is 0.839. The second-order valence-electron chi connectivity index (χ2n) is 1.74. The predicted octanol–water partition coefficient (Wildman–Crippen LogP) is 2.56. The zero-order valence-corrected chi connectivity index (χ0v) is 6.81. The van der Waals surface area contributed by atoms with E-state index in [1.165, 1.54) is 0 Å². The van der Waals surface area contributed by atoms with Gasteiger partial charge in [0.2, 0.25) is 7.65 Å². The molecule has 2 N–H and O–H groups in total. The van der Waals surface area contributed by atoms with Gasteiger partial charge < -0.3 is 9.98 Å². The van der Waals surface area contributed by atoms with E-state index in [2.05, 4.69) is 5.09 Å². The Morgan fingerprint density at radius 2 is 1.90 bits per heavy atom. The maximum absolute atomic E-state index is 8.72. The molecule has 0 spiro atoms. The Labute approximate surface area is 65.5 Å². The topological polar surface area (TPSA) is 32.3 Å². The van der Waals surface area contributed by atoms with Crippen molar-refractivity contribution in [2.24, 2.45) is 0 Å². The zero-order valence-electron chi connectivity index (χ0n) is 5.16. The highest BCUT2D eigenvalue weighted by atomic mass is 35.7. The lowest BCUT2D eigenvalue weighted by Crippen LogP contribution is -1.83. The van der Waals surface area contributed by atoms with Gasteiger partial charge in [-0.25, -0.2) is 0 Å². The average molecular weight is 176 g/mol. The first-order chi connectivity index (χ1) is 4.79. The van der Waals surface area contributed by atoms with Crippen molar-refractivity contribution in [3.05, 3.63) is 30.3 Å². The van der Waals surface area contributed by atoms with Crippen LogP contribution in [-0.2, 0) is 0 Å². The summed E-state index contributed by atoms with van der Waals surface area (Å²) in [6.07, 6.45) is 0. The Bertz CT molecular complexity index is 192. The van der Waals surface area contributed by atoms with Gasteiger partial charge in [-0.3, -0.25) is 0 Å². The van der Waals surface area contributed by atoms with Crippen molar-refractivity contribution in [3.63, 3.8) is 0 Å². The molecule has 0 saturated heterocycles. The van der Waals surface area contributed by atoms with E-state index in [0.29, 0.717) is 0 Å². The van der Waals surface area contributed by atoms with E-state index in [9.17, 15) is 0 Å². The molecule has 0 saturated carbocycles. The van der Waals surface area contributed by atoms with Crippen LogP contribution in [0.25, 0.3) is 0 Å². The molecule has 0 aromatic heterocycles. The van der Waals surface area contributed by atoms with E-state index >= 15 is 0 Å². The molecule has 0 heterocycles. The van der Waals surface area contributed by atoms with Crippen LogP contribution in [0.3, 0.4) is 0 Å². The van der Waals surface area contributed by atoms with Gasteiger partial charge in [-0.05, 0) is 23.4 Å². The molecule has 4 heteroatoms. The highest BCUT2D eigenvalue weighted by Crippen LogP contribution is 2.35. The summed E-state index contributed by atoms with van der Waals surface area (Å²) in [6, 6.07) is 9.33. The van der Waals surface area contributed by atoms with Crippen molar-refractivity contribution in [2.75, 3.05) is 5.09 Å². The molecule has 0 aliphatic rings. The Morgan fingerprint density at radius 3 is 2.40 bits per heavy atom. The molecule has 1 aromatic rings. The molecule has 1 rings (SSSR count). The van der Waals surface area contributed by atoms with Gasteiger partial charge in [0, 0.05) is 5.69 Å². The quantitative estimate of drug-likeness (QED) is 0.677. The van der Waals surface area contributed by atoms with Crippen molar-refractivity contribution >= 4 is 24.6 Å². The third-order valence-corrected chi connectivity index (χ3v) is 1.69.